The molecular formula is C19H22Cl2O2. The summed E-state index contributed by atoms with van der Waals surface area (Å²) in [5, 5.41) is 1.30. The van der Waals surface area contributed by atoms with Crippen LogP contribution in [0.3, 0.4) is 0 Å². The zero-order valence-corrected chi connectivity index (χ0v) is 15.2. The van der Waals surface area contributed by atoms with Gasteiger partial charge in [0, 0.05) is 22.4 Å². The predicted octanol–water partition coefficient (Wildman–Crippen LogP) is 5.09. The van der Waals surface area contributed by atoms with Crippen LogP contribution in [0.15, 0.2) is 35.4 Å². The lowest BCUT2D eigenvalue weighted by Gasteiger charge is -2.21. The number of benzene rings is 1. The highest BCUT2D eigenvalue weighted by molar-refractivity contribution is 6.30. The molecule has 124 valence electrons. The van der Waals surface area contributed by atoms with Gasteiger partial charge in [-0.2, -0.15) is 0 Å². The molecule has 2 unspecified atom stereocenters. The van der Waals surface area contributed by atoms with E-state index >= 15 is 0 Å². The predicted molar refractivity (Wildman–Crippen MR) is 96.4 cm³/mol. The topological polar surface area (TPSA) is 26.3 Å². The largest absolute Gasteiger partial charge is 0.461 e. The summed E-state index contributed by atoms with van der Waals surface area (Å²) in [4.78, 5) is 12.2. The number of allylic oxidation sites excluding steroid dienone is 1. The number of carbonyl (C=O) groups is 1. The molecule has 0 bridgehead atoms. The van der Waals surface area contributed by atoms with E-state index in [9.17, 15) is 4.79 Å². The molecule has 0 saturated heterocycles. The van der Waals surface area contributed by atoms with Crippen molar-refractivity contribution in [3.05, 3.63) is 46.0 Å². The Balaban J connectivity index is 2.55. The van der Waals surface area contributed by atoms with E-state index in [4.69, 9.17) is 34.4 Å². The van der Waals surface area contributed by atoms with Crippen LogP contribution in [0.2, 0.25) is 5.02 Å². The van der Waals surface area contributed by atoms with Crippen molar-refractivity contribution in [2.24, 2.45) is 17.8 Å². The number of carbonyl (C=O) groups excluding carboxylic acids is 1. The summed E-state index contributed by atoms with van der Waals surface area (Å²) in [5.41, 5.74) is 1.04. The average Bonchev–Trinajstić information content (AvgIpc) is 2.49. The first kappa shape index (κ1) is 19.6. The summed E-state index contributed by atoms with van der Waals surface area (Å²) in [6.07, 6.45) is 7.70. The molecule has 1 rings (SSSR count). The molecule has 0 aliphatic heterocycles. The maximum atomic E-state index is 12.2. The van der Waals surface area contributed by atoms with E-state index < -0.39 is 0 Å². The van der Waals surface area contributed by atoms with Gasteiger partial charge in [0.05, 0.1) is 5.92 Å². The van der Waals surface area contributed by atoms with E-state index in [1.54, 1.807) is 6.08 Å². The van der Waals surface area contributed by atoms with E-state index in [1.165, 1.54) is 0 Å². The summed E-state index contributed by atoms with van der Waals surface area (Å²) in [7, 11) is 0. The molecule has 0 fully saturated rings. The number of halogens is 2. The van der Waals surface area contributed by atoms with Crippen molar-refractivity contribution in [1.29, 1.82) is 0 Å². The Kier molecular flexibility index (Phi) is 8.23. The van der Waals surface area contributed by atoms with Gasteiger partial charge in [-0.25, -0.2) is 0 Å². The Labute approximate surface area is 148 Å². The van der Waals surface area contributed by atoms with E-state index in [0.717, 1.165) is 5.56 Å². The van der Waals surface area contributed by atoms with E-state index in [-0.39, 0.29) is 30.3 Å². The van der Waals surface area contributed by atoms with E-state index in [0.29, 0.717) is 16.5 Å². The minimum absolute atomic E-state index is 0.127. The Morgan fingerprint density at radius 2 is 1.91 bits per heavy atom. The van der Waals surface area contributed by atoms with Gasteiger partial charge in [-0.3, -0.25) is 4.79 Å². The Hall–Kier alpha value is -1.43. The summed E-state index contributed by atoms with van der Waals surface area (Å²) >= 11 is 12.0. The van der Waals surface area contributed by atoms with Crippen LogP contribution in [-0.2, 0) is 16.0 Å². The van der Waals surface area contributed by atoms with Gasteiger partial charge in [0.1, 0.15) is 6.61 Å². The molecule has 0 aliphatic rings. The molecule has 0 spiro atoms. The van der Waals surface area contributed by atoms with Crippen LogP contribution in [-0.4, -0.2) is 12.6 Å². The summed E-state index contributed by atoms with van der Waals surface area (Å²) in [6, 6.07) is 7.45. The zero-order chi connectivity index (χ0) is 17.4. The highest BCUT2D eigenvalue weighted by Gasteiger charge is 2.28. The van der Waals surface area contributed by atoms with Gasteiger partial charge in [-0.15, -0.1) is 12.3 Å². The molecule has 0 N–H and O–H groups in total. The number of hydrogen-bond donors (Lipinski definition) is 0. The average molecular weight is 353 g/mol. The van der Waals surface area contributed by atoms with E-state index in [1.807, 2.05) is 45.0 Å². The van der Waals surface area contributed by atoms with Crippen molar-refractivity contribution in [2.75, 3.05) is 6.61 Å². The second-order valence-electron chi connectivity index (χ2n) is 5.81. The van der Waals surface area contributed by atoms with E-state index in [2.05, 4.69) is 5.92 Å². The molecule has 0 saturated carbocycles. The standard InChI is InChI=1S/C19H22Cl2O2/c1-5-14(4)18(13(2)3)19(22)23-11-10-17(21)12-15-6-8-16(20)9-7-15/h1,6-10,13-14,18H,11-12H2,2-4H3/b17-10-. The van der Waals surface area contributed by atoms with Crippen LogP contribution in [0.25, 0.3) is 0 Å². The molecule has 1 aromatic carbocycles. The minimum Gasteiger partial charge on any atom is -0.461 e. The molecule has 0 radical (unpaired) electrons. The van der Waals surface area contributed by atoms with Crippen molar-refractivity contribution in [2.45, 2.75) is 27.2 Å². The highest BCUT2D eigenvalue weighted by atomic mass is 35.5. The summed E-state index contributed by atoms with van der Waals surface area (Å²) < 4.78 is 5.30. The molecule has 2 nitrogen and oxygen atoms in total. The fourth-order valence-electron chi connectivity index (χ4n) is 2.34. The first-order valence-corrected chi connectivity index (χ1v) is 8.32. The molecule has 0 amide bonds. The summed E-state index contributed by atoms with van der Waals surface area (Å²) in [6.45, 7) is 5.92. The van der Waals surface area contributed by atoms with Gasteiger partial charge in [-0.1, -0.05) is 56.1 Å². The van der Waals surface area contributed by atoms with Crippen LogP contribution in [0, 0.1) is 30.1 Å². The Morgan fingerprint density at radius 3 is 2.43 bits per heavy atom. The lowest BCUT2D eigenvalue weighted by Crippen LogP contribution is -2.28. The monoisotopic (exact) mass is 352 g/mol. The van der Waals surface area contributed by atoms with Gasteiger partial charge < -0.3 is 4.74 Å². The van der Waals surface area contributed by atoms with Crippen molar-refractivity contribution in [1.82, 2.24) is 0 Å². The van der Waals surface area contributed by atoms with Crippen molar-refractivity contribution < 1.29 is 9.53 Å². The molecule has 0 aliphatic carbocycles. The van der Waals surface area contributed by atoms with Gasteiger partial charge in [0.25, 0.3) is 0 Å². The Morgan fingerprint density at radius 1 is 1.30 bits per heavy atom. The highest BCUT2D eigenvalue weighted by Crippen LogP contribution is 2.22. The van der Waals surface area contributed by atoms with Crippen LogP contribution in [0.1, 0.15) is 26.3 Å². The fourth-order valence-corrected chi connectivity index (χ4v) is 2.68. The van der Waals surface area contributed by atoms with Crippen molar-refractivity contribution in [3.63, 3.8) is 0 Å². The number of hydrogen-bond acceptors (Lipinski definition) is 2. The number of esters is 1. The molecular weight excluding hydrogens is 331 g/mol. The fraction of sp³-hybridized carbons (Fsp3) is 0.421. The zero-order valence-electron chi connectivity index (χ0n) is 13.7. The minimum atomic E-state index is -0.302. The maximum absolute atomic E-state index is 12.2. The molecule has 1 aromatic rings. The lowest BCUT2D eigenvalue weighted by atomic mass is 9.85. The Bertz CT molecular complexity index is 582. The third-order valence-electron chi connectivity index (χ3n) is 3.61. The van der Waals surface area contributed by atoms with Crippen LogP contribution < -0.4 is 0 Å². The molecule has 23 heavy (non-hydrogen) atoms. The number of rotatable bonds is 7. The smallest absolute Gasteiger partial charge is 0.310 e. The molecule has 2 atom stereocenters. The number of terminal acetylenes is 1. The SMILES string of the molecule is C#CC(C)C(C(=O)OC/C=C(\Cl)Cc1ccc(Cl)cc1)C(C)C. The first-order valence-electron chi connectivity index (χ1n) is 7.57. The molecule has 0 aromatic heterocycles. The van der Waals surface area contributed by atoms with Gasteiger partial charge in [0.2, 0.25) is 0 Å². The van der Waals surface area contributed by atoms with Crippen molar-refractivity contribution >= 4 is 29.2 Å². The second kappa shape index (κ2) is 9.65. The van der Waals surface area contributed by atoms with Gasteiger partial charge >= 0.3 is 5.97 Å². The first-order chi connectivity index (χ1) is 10.8. The quantitative estimate of drug-likeness (QED) is 0.504. The van der Waals surface area contributed by atoms with Crippen LogP contribution in [0.5, 0.6) is 0 Å². The number of ether oxygens (including phenoxy) is 1. The van der Waals surface area contributed by atoms with Crippen LogP contribution >= 0.6 is 23.2 Å². The van der Waals surface area contributed by atoms with Crippen molar-refractivity contribution in [3.8, 4) is 12.3 Å². The summed E-state index contributed by atoms with van der Waals surface area (Å²) in [5.74, 6) is 2.00. The van der Waals surface area contributed by atoms with Crippen LogP contribution in [0.4, 0.5) is 0 Å². The third kappa shape index (κ3) is 6.69. The third-order valence-corrected chi connectivity index (χ3v) is 4.15. The van der Waals surface area contributed by atoms with Gasteiger partial charge in [0.15, 0.2) is 0 Å². The lowest BCUT2D eigenvalue weighted by molar-refractivity contribution is -0.150. The molecule has 0 heterocycles. The normalized spacial score (nSPS) is 14.2. The molecule has 4 heteroatoms. The maximum Gasteiger partial charge on any atom is 0.310 e. The second-order valence-corrected chi connectivity index (χ2v) is 6.73. The van der Waals surface area contributed by atoms with Gasteiger partial charge in [-0.05, 0) is 29.7 Å².